The third-order valence-electron chi connectivity index (χ3n) is 2.76. The van der Waals surface area contributed by atoms with Gasteiger partial charge in [-0.1, -0.05) is 11.6 Å². The van der Waals surface area contributed by atoms with Crippen molar-refractivity contribution in [2.75, 3.05) is 25.4 Å². The maximum Gasteiger partial charge on any atom is 0.156 e. The Bertz CT molecular complexity index is 444. The van der Waals surface area contributed by atoms with E-state index in [4.69, 9.17) is 27.3 Å². The van der Waals surface area contributed by atoms with Crippen LogP contribution in [0.5, 0.6) is 0 Å². The molecular formula is C12H14ClN3O. The van der Waals surface area contributed by atoms with Crippen LogP contribution in [0.4, 0.5) is 5.69 Å². The molecule has 2 N–H and O–H groups in total. The van der Waals surface area contributed by atoms with E-state index in [-0.39, 0.29) is 6.10 Å². The van der Waals surface area contributed by atoms with Crippen molar-refractivity contribution < 1.29 is 4.74 Å². The number of nitriles is 1. The molecule has 1 aromatic rings. The Morgan fingerprint density at radius 3 is 3.18 bits per heavy atom. The number of rotatable bonds is 2. The Hall–Kier alpha value is -1.28. The fourth-order valence-electron chi connectivity index (χ4n) is 1.88. The summed E-state index contributed by atoms with van der Waals surface area (Å²) in [6.45, 7) is 2.70. The molecule has 1 aliphatic rings. The standard InChI is InChI=1S/C12H14ClN3O/c13-12-2-1-10(15)5-9(12)7-16-3-4-17-11(6-14)8-16/h1-2,5,11H,3-4,7-8,15H2. The minimum atomic E-state index is -0.344. The van der Waals surface area contributed by atoms with Crippen molar-refractivity contribution in [3.05, 3.63) is 28.8 Å². The molecule has 1 saturated heterocycles. The Kier molecular flexibility index (Phi) is 3.85. The largest absolute Gasteiger partial charge is 0.399 e. The van der Waals surface area contributed by atoms with Crippen LogP contribution in [-0.2, 0) is 11.3 Å². The van der Waals surface area contributed by atoms with Crippen molar-refractivity contribution in [1.82, 2.24) is 4.90 Å². The number of ether oxygens (including phenoxy) is 1. The highest BCUT2D eigenvalue weighted by Gasteiger charge is 2.20. The van der Waals surface area contributed by atoms with Crippen LogP contribution in [0.3, 0.4) is 0 Å². The van der Waals surface area contributed by atoms with Crippen molar-refractivity contribution in [2.24, 2.45) is 0 Å². The lowest BCUT2D eigenvalue weighted by Crippen LogP contribution is -2.41. The van der Waals surface area contributed by atoms with Crippen LogP contribution >= 0.6 is 11.6 Å². The van der Waals surface area contributed by atoms with Gasteiger partial charge in [-0.15, -0.1) is 0 Å². The lowest BCUT2D eigenvalue weighted by atomic mass is 10.1. The van der Waals surface area contributed by atoms with Crippen molar-refractivity contribution >= 4 is 17.3 Å². The van der Waals surface area contributed by atoms with Crippen LogP contribution in [0, 0.1) is 11.3 Å². The average Bonchev–Trinajstić information content (AvgIpc) is 2.34. The lowest BCUT2D eigenvalue weighted by Gasteiger charge is -2.29. The molecule has 0 radical (unpaired) electrons. The fourth-order valence-corrected chi connectivity index (χ4v) is 2.06. The van der Waals surface area contributed by atoms with Gasteiger partial charge in [0.05, 0.1) is 12.7 Å². The highest BCUT2D eigenvalue weighted by molar-refractivity contribution is 6.31. The zero-order valence-electron chi connectivity index (χ0n) is 9.40. The topological polar surface area (TPSA) is 62.3 Å². The first-order valence-electron chi connectivity index (χ1n) is 5.46. The van der Waals surface area contributed by atoms with E-state index in [0.29, 0.717) is 30.4 Å². The summed E-state index contributed by atoms with van der Waals surface area (Å²) in [7, 11) is 0. The quantitative estimate of drug-likeness (QED) is 0.812. The molecule has 90 valence electrons. The monoisotopic (exact) mass is 251 g/mol. The third kappa shape index (κ3) is 3.10. The van der Waals surface area contributed by atoms with Gasteiger partial charge in [-0.05, 0) is 23.8 Å². The zero-order valence-corrected chi connectivity index (χ0v) is 10.2. The van der Waals surface area contributed by atoms with Crippen molar-refractivity contribution in [3.63, 3.8) is 0 Å². The molecule has 4 nitrogen and oxygen atoms in total. The summed E-state index contributed by atoms with van der Waals surface area (Å²) in [5, 5.41) is 9.53. The molecule has 1 aliphatic heterocycles. The van der Waals surface area contributed by atoms with Crippen molar-refractivity contribution in [2.45, 2.75) is 12.6 Å². The minimum absolute atomic E-state index is 0.344. The van der Waals surface area contributed by atoms with Gasteiger partial charge in [0.2, 0.25) is 0 Å². The summed E-state index contributed by atoms with van der Waals surface area (Å²) in [6.07, 6.45) is -0.344. The molecular weight excluding hydrogens is 238 g/mol. The first-order valence-corrected chi connectivity index (χ1v) is 5.84. The maximum absolute atomic E-state index is 8.83. The molecule has 1 atom stereocenters. The van der Waals surface area contributed by atoms with Crippen LogP contribution in [0.2, 0.25) is 5.02 Å². The fraction of sp³-hybridized carbons (Fsp3) is 0.417. The van der Waals surface area contributed by atoms with Gasteiger partial charge >= 0.3 is 0 Å². The van der Waals surface area contributed by atoms with Gasteiger partial charge in [-0.3, -0.25) is 4.90 Å². The number of halogens is 1. The van der Waals surface area contributed by atoms with E-state index in [9.17, 15) is 0 Å². The molecule has 1 unspecified atom stereocenters. The minimum Gasteiger partial charge on any atom is -0.399 e. The smallest absolute Gasteiger partial charge is 0.156 e. The number of anilines is 1. The lowest BCUT2D eigenvalue weighted by molar-refractivity contribution is -0.00267. The second-order valence-electron chi connectivity index (χ2n) is 4.07. The van der Waals surface area contributed by atoms with Gasteiger partial charge in [-0.2, -0.15) is 5.26 Å². The summed E-state index contributed by atoms with van der Waals surface area (Å²) in [4.78, 5) is 2.15. The highest BCUT2D eigenvalue weighted by atomic mass is 35.5. The molecule has 0 bridgehead atoms. The molecule has 0 saturated carbocycles. The van der Waals surface area contributed by atoms with E-state index in [2.05, 4.69) is 11.0 Å². The Balaban J connectivity index is 2.05. The summed E-state index contributed by atoms with van der Waals surface area (Å²) in [6, 6.07) is 7.58. The zero-order chi connectivity index (χ0) is 12.3. The van der Waals surface area contributed by atoms with E-state index in [0.717, 1.165) is 12.1 Å². The normalized spacial score (nSPS) is 21.1. The molecule has 2 rings (SSSR count). The first-order chi connectivity index (χ1) is 8.19. The van der Waals surface area contributed by atoms with Crippen LogP contribution < -0.4 is 5.73 Å². The molecule has 5 heteroatoms. The van der Waals surface area contributed by atoms with Crippen LogP contribution in [-0.4, -0.2) is 30.7 Å². The third-order valence-corrected chi connectivity index (χ3v) is 3.13. The second kappa shape index (κ2) is 5.37. The Labute approximate surface area is 106 Å². The number of benzene rings is 1. The molecule has 1 heterocycles. The number of nitrogens with two attached hydrogens (primary N) is 1. The number of nitrogens with zero attached hydrogens (tertiary/aromatic N) is 2. The molecule has 1 aromatic carbocycles. The predicted octanol–water partition coefficient (Wildman–Crippen LogP) is 1.65. The van der Waals surface area contributed by atoms with Crippen molar-refractivity contribution in [3.8, 4) is 6.07 Å². The molecule has 17 heavy (non-hydrogen) atoms. The summed E-state index contributed by atoms with van der Waals surface area (Å²) < 4.78 is 5.29. The molecule has 0 spiro atoms. The number of hydrogen-bond acceptors (Lipinski definition) is 4. The SMILES string of the molecule is N#CC1CN(Cc2cc(N)ccc2Cl)CCO1. The van der Waals surface area contributed by atoms with Crippen LogP contribution in [0.25, 0.3) is 0 Å². The van der Waals surface area contributed by atoms with Gasteiger partial charge in [-0.25, -0.2) is 0 Å². The number of nitrogen functional groups attached to an aromatic ring is 1. The van der Waals surface area contributed by atoms with Gasteiger partial charge < -0.3 is 10.5 Å². The van der Waals surface area contributed by atoms with E-state index in [1.165, 1.54) is 0 Å². The molecule has 0 aromatic heterocycles. The van der Waals surface area contributed by atoms with E-state index in [1.54, 1.807) is 12.1 Å². The maximum atomic E-state index is 8.83. The van der Waals surface area contributed by atoms with Gasteiger partial charge in [0.1, 0.15) is 0 Å². The van der Waals surface area contributed by atoms with E-state index in [1.807, 2.05) is 6.07 Å². The summed E-state index contributed by atoms with van der Waals surface area (Å²) >= 11 is 6.11. The van der Waals surface area contributed by atoms with Gasteiger partial charge in [0.15, 0.2) is 6.10 Å². The number of morpholine rings is 1. The predicted molar refractivity (Wildman–Crippen MR) is 66.5 cm³/mol. The highest BCUT2D eigenvalue weighted by Crippen LogP contribution is 2.21. The van der Waals surface area contributed by atoms with Crippen molar-refractivity contribution in [1.29, 1.82) is 5.26 Å². The molecule has 0 aliphatic carbocycles. The van der Waals surface area contributed by atoms with E-state index >= 15 is 0 Å². The van der Waals surface area contributed by atoms with Crippen LogP contribution in [0.1, 0.15) is 5.56 Å². The van der Waals surface area contributed by atoms with Crippen LogP contribution in [0.15, 0.2) is 18.2 Å². The number of hydrogen-bond donors (Lipinski definition) is 1. The molecule has 1 fully saturated rings. The average molecular weight is 252 g/mol. The van der Waals surface area contributed by atoms with Gasteiger partial charge in [0, 0.05) is 30.3 Å². The Morgan fingerprint density at radius 1 is 1.59 bits per heavy atom. The van der Waals surface area contributed by atoms with E-state index < -0.39 is 0 Å². The second-order valence-corrected chi connectivity index (χ2v) is 4.48. The summed E-state index contributed by atoms with van der Waals surface area (Å²) in [5.74, 6) is 0. The Morgan fingerprint density at radius 2 is 2.41 bits per heavy atom. The molecule has 0 amide bonds. The van der Waals surface area contributed by atoms with Gasteiger partial charge in [0.25, 0.3) is 0 Å². The first kappa shape index (κ1) is 12.2. The summed E-state index contributed by atoms with van der Waals surface area (Å²) in [5.41, 5.74) is 7.43.